The maximum absolute atomic E-state index is 11.9. The first-order valence-corrected chi connectivity index (χ1v) is 24.1. The van der Waals surface area contributed by atoms with Gasteiger partial charge in [-0.1, -0.05) is 0 Å². The number of likely N-dealkylation sites (N-methyl/N-ethyl adjacent to an activating group) is 3. The van der Waals surface area contributed by atoms with Gasteiger partial charge in [-0.15, -0.1) is 0 Å². The van der Waals surface area contributed by atoms with Gasteiger partial charge in [-0.3, -0.25) is 57.9 Å². The van der Waals surface area contributed by atoms with Gasteiger partial charge in [-0.2, -0.15) is 0 Å². The number of carbonyl (C=O) groups excluding carboxylic acids is 6. The van der Waals surface area contributed by atoms with Gasteiger partial charge in [0, 0.05) is 96.3 Å². The Morgan fingerprint density at radius 3 is 0.812 bits per heavy atom. The van der Waals surface area contributed by atoms with Crippen molar-refractivity contribution in [1.29, 1.82) is 0 Å². The van der Waals surface area contributed by atoms with Crippen molar-refractivity contribution in [2.45, 2.75) is 95.2 Å². The fourth-order valence-corrected chi connectivity index (χ4v) is 8.05. The zero-order valence-corrected chi connectivity index (χ0v) is 42.0. The lowest BCUT2D eigenvalue weighted by Gasteiger charge is -2.26. The van der Waals surface area contributed by atoms with E-state index in [-0.39, 0.29) is 113 Å². The van der Waals surface area contributed by atoms with E-state index in [9.17, 15) is 43.2 Å². The van der Waals surface area contributed by atoms with E-state index in [0.717, 1.165) is 77.8 Å². The summed E-state index contributed by atoms with van der Waals surface area (Å²) in [5, 5.41) is 41.1. The summed E-state index contributed by atoms with van der Waals surface area (Å²) in [6.07, 6.45) is 6.84. The van der Waals surface area contributed by atoms with E-state index in [2.05, 4.69) is 61.3 Å². The molecular formula is C45H84N12O12. The number of carboxylic acid groups (broad SMARTS) is 3. The molecule has 0 bridgehead atoms. The highest BCUT2D eigenvalue weighted by Crippen LogP contribution is 2.19. The highest BCUT2D eigenvalue weighted by atomic mass is 16.4. The zero-order chi connectivity index (χ0) is 51.7. The predicted octanol–water partition coefficient (Wildman–Crippen LogP) is -2.67. The molecule has 0 aromatic rings. The Kier molecular flexibility index (Phi) is 32.4. The molecule has 396 valence electrons. The number of nitrogens with one attached hydrogen (secondary N) is 6. The van der Waals surface area contributed by atoms with E-state index in [1.165, 1.54) is 0 Å². The first kappa shape index (κ1) is 62.0. The minimum Gasteiger partial charge on any atom is -0.481 e. The zero-order valence-electron chi connectivity index (χ0n) is 42.0. The molecule has 0 radical (unpaired) electrons. The number of rotatable bonds is 30. The lowest BCUT2D eigenvalue weighted by atomic mass is 10.3. The molecule has 0 aromatic carbocycles. The molecule has 6 amide bonds. The number of hydrogen-bond donors (Lipinski definition) is 9. The SMILES string of the molecule is C[15N](C)[13CH2][13CH]1[13CH2][13CH2][13CH2][15N]1[13CH2]C(=O)NCC[13C](=O)NCCC(=O)O.[13CH3]N([13CH3])[13CH2][13CH]1[13CH2][13CH2][13CH2][15N]1CC(=O)[15NH]CCC(=O)NCCC(=O)O.[13CH3][15N]([13CH3])[13CH2][13CH]1[13CH2][13CH2][13CH2][15N]1CC(=O)NCCC(=O)NCCC(=O)O. The fourth-order valence-electron chi connectivity index (χ4n) is 8.05. The Morgan fingerprint density at radius 2 is 0.594 bits per heavy atom. The first-order valence-electron chi connectivity index (χ1n) is 24.1. The summed E-state index contributed by atoms with van der Waals surface area (Å²) in [4.78, 5) is 114. The number of aliphatic carboxylic acids is 3. The first-order chi connectivity index (χ1) is 32.6. The lowest BCUT2D eigenvalue weighted by molar-refractivity contribution is -0.138. The molecule has 0 aromatic heterocycles. The van der Waals surface area contributed by atoms with Crippen molar-refractivity contribution < 1.29 is 58.5 Å². The third kappa shape index (κ3) is 32.4. The van der Waals surface area contributed by atoms with Crippen LogP contribution in [0.1, 0.15) is 77.0 Å². The number of nitrogens with zero attached hydrogens (tertiary/aromatic N) is 6. The normalized spacial score (nSPS) is 18.1. The Hall–Kier alpha value is -5.01. The van der Waals surface area contributed by atoms with E-state index in [4.69, 9.17) is 15.3 Å². The van der Waals surface area contributed by atoms with Crippen molar-refractivity contribution in [3.8, 4) is 0 Å². The molecule has 0 saturated carbocycles. The van der Waals surface area contributed by atoms with Crippen LogP contribution in [0.3, 0.4) is 0 Å². The molecule has 24 nitrogen and oxygen atoms in total. The maximum atomic E-state index is 11.9. The summed E-state index contributed by atoms with van der Waals surface area (Å²) in [6.45, 7) is 7.85. The Morgan fingerprint density at radius 1 is 0.377 bits per heavy atom. The van der Waals surface area contributed by atoms with Gasteiger partial charge in [0.15, 0.2) is 0 Å². The Labute approximate surface area is 407 Å². The highest BCUT2D eigenvalue weighted by molar-refractivity contribution is 5.82. The number of likely N-dealkylation sites (tertiary alicyclic amines) is 3. The van der Waals surface area contributed by atoms with Crippen LogP contribution in [0, 0.1) is 0 Å². The van der Waals surface area contributed by atoms with E-state index in [0.29, 0.717) is 37.8 Å². The topological polar surface area (TPSA) is 306 Å². The molecule has 3 aliphatic heterocycles. The molecule has 24 heteroatoms. The Bertz CT molecular complexity index is 1420. The van der Waals surface area contributed by atoms with Crippen LogP contribution < -0.4 is 31.9 Å². The van der Waals surface area contributed by atoms with Gasteiger partial charge < -0.3 is 61.9 Å². The standard InChI is InChI=1S/3C15H28N4O4/c3*1-18(2)10-12-4-3-9-19(12)11-14(21)17-7-5-13(20)16-8-6-15(22)23/h3*12H,3-11H2,1-2H3,(H,16,20)(H,17,21)(H,22,23)/i3+1,4+1,9+1,10+1,11+1,12+1,13+1,18+1,19+1;1+1,2+1,3+1,4+1,9+1,10+1,12+1,18+1,19+1;1+1,2+1,3+1,4+1,9+1,10+1,12+1,17+1,19+1. The average molecular weight is 1010 g/mol. The van der Waals surface area contributed by atoms with Crippen LogP contribution in [-0.2, 0) is 43.2 Å². The summed E-state index contributed by atoms with van der Waals surface area (Å²) in [6, 6.07) is 1.24. The van der Waals surface area contributed by atoms with Crippen molar-refractivity contribution in [1.82, 2.24) is 61.3 Å². The van der Waals surface area contributed by atoms with E-state index < -0.39 is 17.9 Å². The molecule has 3 heterocycles. The summed E-state index contributed by atoms with van der Waals surface area (Å²) in [5.41, 5.74) is 0. The average Bonchev–Trinajstić information content (AvgIpc) is 3.99. The minimum atomic E-state index is -0.948. The third-order valence-corrected chi connectivity index (χ3v) is 11.3. The van der Waals surface area contributed by atoms with Crippen LogP contribution in [0.5, 0.6) is 0 Å². The van der Waals surface area contributed by atoms with Gasteiger partial charge in [0.1, 0.15) is 0 Å². The molecule has 9 N–H and O–H groups in total. The van der Waals surface area contributed by atoms with E-state index in [1.54, 1.807) is 0 Å². The molecular weight excluding hydrogens is 927 g/mol. The minimum absolute atomic E-state index is 0.0750. The quantitative estimate of drug-likeness (QED) is 0.0262. The second-order valence-corrected chi connectivity index (χ2v) is 18.4. The van der Waals surface area contributed by atoms with Gasteiger partial charge in [0.2, 0.25) is 35.4 Å². The van der Waals surface area contributed by atoms with E-state index in [1.807, 2.05) is 42.3 Å². The second kappa shape index (κ2) is 36.0. The summed E-state index contributed by atoms with van der Waals surface area (Å²) in [7, 11) is 12.2. The van der Waals surface area contributed by atoms with Crippen molar-refractivity contribution in [2.75, 3.05) is 140 Å². The van der Waals surface area contributed by atoms with Gasteiger partial charge >= 0.3 is 17.9 Å². The summed E-state index contributed by atoms with van der Waals surface area (Å²) >= 11 is 0. The molecule has 69 heavy (non-hydrogen) atoms. The molecule has 3 unspecified atom stereocenters. The maximum Gasteiger partial charge on any atom is 0.305 e. The third-order valence-electron chi connectivity index (χ3n) is 11.3. The molecule has 3 saturated heterocycles. The van der Waals surface area contributed by atoms with Crippen molar-refractivity contribution in [2.24, 2.45) is 0 Å². The van der Waals surface area contributed by atoms with Crippen LogP contribution in [0.2, 0.25) is 0 Å². The largest absolute Gasteiger partial charge is 0.481 e. The smallest absolute Gasteiger partial charge is 0.305 e. The monoisotopic (exact) mass is 1010 g/mol. The van der Waals surface area contributed by atoms with Crippen molar-refractivity contribution >= 4 is 53.4 Å². The van der Waals surface area contributed by atoms with Crippen LogP contribution in [0.25, 0.3) is 0 Å². The summed E-state index contributed by atoms with van der Waals surface area (Å²) < 4.78 is 0. The van der Waals surface area contributed by atoms with Gasteiger partial charge in [0.25, 0.3) is 0 Å². The summed E-state index contributed by atoms with van der Waals surface area (Å²) in [5.74, 6) is -3.82. The second-order valence-electron chi connectivity index (χ2n) is 18.4. The molecule has 3 aliphatic rings. The number of hydrogen-bond acceptors (Lipinski definition) is 15. The van der Waals surface area contributed by atoms with Crippen molar-refractivity contribution in [3.05, 3.63) is 0 Å². The van der Waals surface area contributed by atoms with Crippen LogP contribution in [0.15, 0.2) is 0 Å². The molecule has 3 atom stereocenters. The van der Waals surface area contributed by atoms with Crippen LogP contribution in [-0.4, -0.2) is 257 Å². The molecule has 3 rings (SSSR count). The number of amides is 6. The predicted molar refractivity (Wildman–Crippen MR) is 258 cm³/mol. The van der Waals surface area contributed by atoms with Gasteiger partial charge in [-0.05, 0) is 100 Å². The number of carbonyl (C=O) groups is 9. The van der Waals surface area contributed by atoms with Gasteiger partial charge in [-0.25, -0.2) is 0 Å². The highest BCUT2D eigenvalue weighted by Gasteiger charge is 2.28. The molecule has 3 fully saturated rings. The van der Waals surface area contributed by atoms with Crippen molar-refractivity contribution in [3.63, 3.8) is 0 Å². The Balaban J connectivity index is 0.000000517. The van der Waals surface area contributed by atoms with E-state index >= 15 is 0 Å². The fraction of sp³-hybridized carbons (Fsp3) is 0.800. The van der Waals surface area contributed by atoms with Crippen LogP contribution in [0.4, 0.5) is 0 Å². The van der Waals surface area contributed by atoms with Crippen LogP contribution >= 0.6 is 0 Å². The number of carboxylic acids is 3. The lowest BCUT2D eigenvalue weighted by Crippen LogP contribution is -2.44. The van der Waals surface area contributed by atoms with Gasteiger partial charge in [0.05, 0.1) is 38.9 Å². The molecule has 0 spiro atoms. The molecule has 0 aliphatic carbocycles.